The lowest BCUT2D eigenvalue weighted by Gasteiger charge is -2.38. The molecule has 1 aromatic carbocycles. The zero-order valence-corrected chi connectivity index (χ0v) is 20.1. The maximum absolute atomic E-state index is 12.9. The number of carbonyl (C=O) groups is 1. The number of thioether (sulfide) groups is 1. The van der Waals surface area contributed by atoms with Crippen molar-refractivity contribution < 1.29 is 9.53 Å². The van der Waals surface area contributed by atoms with Crippen LogP contribution in [0.1, 0.15) is 51.8 Å². The molecule has 1 amide bonds. The summed E-state index contributed by atoms with van der Waals surface area (Å²) in [5, 5.41) is 0.741. The number of rotatable bonds is 5. The van der Waals surface area contributed by atoms with Crippen molar-refractivity contribution in [3.05, 3.63) is 52.7 Å². The molecule has 1 saturated heterocycles. The van der Waals surface area contributed by atoms with E-state index in [-0.39, 0.29) is 10.7 Å². The van der Waals surface area contributed by atoms with Crippen LogP contribution in [0.3, 0.4) is 0 Å². The first-order valence-corrected chi connectivity index (χ1v) is 11.7. The van der Waals surface area contributed by atoms with Gasteiger partial charge in [-0.05, 0) is 62.6 Å². The highest BCUT2D eigenvalue weighted by atomic mass is 35.5. The molecule has 0 atom stereocenters. The highest BCUT2D eigenvalue weighted by molar-refractivity contribution is 8.00. The van der Waals surface area contributed by atoms with Crippen LogP contribution in [-0.4, -0.2) is 30.6 Å². The molecule has 4 nitrogen and oxygen atoms in total. The number of nitrogens with zero attached hydrogens (tertiary/aromatic N) is 2. The molecule has 162 valence electrons. The Kier molecular flexibility index (Phi) is 7.16. The number of hydrogen-bond acceptors (Lipinski definition) is 4. The van der Waals surface area contributed by atoms with Gasteiger partial charge < -0.3 is 4.74 Å². The molecule has 1 fully saturated rings. The Hall–Kier alpha value is -1.56. The summed E-state index contributed by atoms with van der Waals surface area (Å²) in [6.45, 7) is 11.9. The second-order valence-corrected chi connectivity index (χ2v) is 10.7. The fraction of sp³-hybridized carbons (Fsp3) is 0.500. The van der Waals surface area contributed by atoms with Crippen LogP contribution in [0.15, 0.2) is 41.3 Å². The van der Waals surface area contributed by atoms with Crippen LogP contribution in [0.25, 0.3) is 0 Å². The molecule has 0 unspecified atom stereocenters. The second-order valence-electron chi connectivity index (χ2n) is 8.76. The maximum Gasteiger partial charge on any atom is 0.233 e. The van der Waals surface area contributed by atoms with E-state index in [9.17, 15) is 4.79 Å². The largest absolute Gasteiger partial charge is 0.381 e. The van der Waals surface area contributed by atoms with Gasteiger partial charge in [0.05, 0.1) is 4.75 Å². The first kappa shape index (κ1) is 23.1. The quantitative estimate of drug-likeness (QED) is 0.545. The normalized spacial score (nSPS) is 16.3. The van der Waals surface area contributed by atoms with E-state index < -0.39 is 5.41 Å². The van der Waals surface area contributed by atoms with Gasteiger partial charge in [-0.25, -0.2) is 4.98 Å². The van der Waals surface area contributed by atoms with Gasteiger partial charge in [-0.3, -0.25) is 9.69 Å². The predicted octanol–water partition coefficient (Wildman–Crippen LogP) is 6.24. The van der Waals surface area contributed by atoms with Gasteiger partial charge in [0.25, 0.3) is 0 Å². The van der Waals surface area contributed by atoms with E-state index in [0.29, 0.717) is 6.54 Å². The molecule has 0 aliphatic carbocycles. The highest BCUT2D eigenvalue weighted by Gasteiger charge is 2.38. The van der Waals surface area contributed by atoms with Crippen molar-refractivity contribution in [2.45, 2.75) is 57.1 Å². The van der Waals surface area contributed by atoms with Crippen LogP contribution in [0.5, 0.6) is 0 Å². The first-order valence-electron chi connectivity index (χ1n) is 10.5. The van der Waals surface area contributed by atoms with Gasteiger partial charge in [-0.1, -0.05) is 38.4 Å². The van der Waals surface area contributed by atoms with Crippen molar-refractivity contribution >= 4 is 35.1 Å². The van der Waals surface area contributed by atoms with Gasteiger partial charge in [-0.2, -0.15) is 0 Å². The number of benzene rings is 1. The molecular weight excluding hydrogens is 416 g/mol. The third-order valence-electron chi connectivity index (χ3n) is 5.47. The van der Waals surface area contributed by atoms with E-state index >= 15 is 0 Å². The minimum atomic E-state index is -0.448. The molecule has 0 N–H and O–H groups in total. The smallest absolute Gasteiger partial charge is 0.233 e. The van der Waals surface area contributed by atoms with E-state index in [2.05, 4.69) is 18.2 Å². The van der Waals surface area contributed by atoms with Gasteiger partial charge in [0.15, 0.2) is 0 Å². The lowest BCUT2D eigenvalue weighted by molar-refractivity contribution is -0.125. The Labute approximate surface area is 189 Å². The average molecular weight is 447 g/mol. The molecule has 0 radical (unpaired) electrons. The highest BCUT2D eigenvalue weighted by Crippen LogP contribution is 2.49. The molecule has 0 bridgehead atoms. The number of aromatic nitrogens is 1. The summed E-state index contributed by atoms with van der Waals surface area (Å²) < 4.78 is 5.58. The van der Waals surface area contributed by atoms with Crippen LogP contribution in [-0.2, 0) is 14.3 Å². The molecule has 2 aromatic rings. The number of aryl methyl sites for hydroxylation is 1. The van der Waals surface area contributed by atoms with Crippen molar-refractivity contribution in [3.63, 3.8) is 0 Å². The molecule has 0 spiro atoms. The standard InChI is InChI=1S/C24H31ClN2O2S/c1-6-27(22(28)23(3,4)5)21-12-11-20(17(2)26-21)24(13-15-29-16-14-24)30-19-9-7-18(25)8-10-19/h7-12H,6,13-16H2,1-5H3. The van der Waals surface area contributed by atoms with E-state index in [0.717, 1.165) is 42.6 Å². The SMILES string of the molecule is CCN(C(=O)C(C)(C)C)c1ccc(C2(Sc3ccc(Cl)cc3)CCOCC2)c(C)n1. The molecule has 1 aromatic heterocycles. The van der Waals surface area contributed by atoms with Gasteiger partial charge in [0.1, 0.15) is 5.82 Å². The summed E-state index contributed by atoms with van der Waals surface area (Å²) in [7, 11) is 0. The lowest BCUT2D eigenvalue weighted by Crippen LogP contribution is -2.40. The predicted molar refractivity (Wildman–Crippen MR) is 125 cm³/mol. The molecule has 1 aliphatic rings. The topological polar surface area (TPSA) is 42.4 Å². The van der Waals surface area contributed by atoms with Crippen molar-refractivity contribution in [3.8, 4) is 0 Å². The van der Waals surface area contributed by atoms with E-state index in [1.54, 1.807) is 4.90 Å². The van der Waals surface area contributed by atoms with Crippen LogP contribution >= 0.6 is 23.4 Å². The molecule has 30 heavy (non-hydrogen) atoms. The molecule has 6 heteroatoms. The fourth-order valence-corrected chi connectivity index (χ4v) is 5.40. The Morgan fingerprint density at radius 3 is 2.33 bits per heavy atom. The molecule has 3 rings (SSSR count). The maximum atomic E-state index is 12.9. The lowest BCUT2D eigenvalue weighted by atomic mass is 9.89. The minimum Gasteiger partial charge on any atom is -0.381 e. The summed E-state index contributed by atoms with van der Waals surface area (Å²) in [6, 6.07) is 12.2. The van der Waals surface area contributed by atoms with E-state index in [1.807, 2.05) is 64.6 Å². The number of anilines is 1. The molecule has 0 saturated carbocycles. The van der Waals surface area contributed by atoms with Gasteiger partial charge in [0, 0.05) is 40.8 Å². The minimum absolute atomic E-state index is 0.0842. The van der Waals surface area contributed by atoms with Crippen molar-refractivity contribution in [1.82, 2.24) is 4.98 Å². The fourth-order valence-electron chi connectivity index (χ4n) is 3.85. The monoisotopic (exact) mass is 446 g/mol. The summed E-state index contributed by atoms with van der Waals surface area (Å²) in [4.78, 5) is 20.7. The zero-order valence-electron chi connectivity index (χ0n) is 18.5. The number of pyridine rings is 1. The summed E-state index contributed by atoms with van der Waals surface area (Å²) in [5.74, 6) is 0.804. The Balaban J connectivity index is 1.97. The van der Waals surface area contributed by atoms with Crippen molar-refractivity contribution in [1.29, 1.82) is 0 Å². The Bertz CT molecular complexity index is 887. The van der Waals surface area contributed by atoms with Crippen molar-refractivity contribution in [2.24, 2.45) is 5.41 Å². The number of amides is 1. The third kappa shape index (κ3) is 5.01. The van der Waals surface area contributed by atoms with Crippen molar-refractivity contribution in [2.75, 3.05) is 24.7 Å². The Morgan fingerprint density at radius 1 is 1.17 bits per heavy atom. The van der Waals surface area contributed by atoms with E-state index in [1.165, 1.54) is 10.5 Å². The summed E-state index contributed by atoms with van der Waals surface area (Å²) in [5.41, 5.74) is 1.74. The van der Waals surface area contributed by atoms with Crippen LogP contribution < -0.4 is 4.90 Å². The summed E-state index contributed by atoms with van der Waals surface area (Å²) in [6.07, 6.45) is 1.83. The first-order chi connectivity index (χ1) is 14.2. The summed E-state index contributed by atoms with van der Waals surface area (Å²) >= 11 is 7.94. The van der Waals surface area contributed by atoms with Crippen LogP contribution in [0.4, 0.5) is 5.82 Å². The number of halogens is 1. The zero-order chi connectivity index (χ0) is 21.9. The number of hydrogen-bond donors (Lipinski definition) is 0. The Morgan fingerprint density at radius 2 is 1.80 bits per heavy atom. The van der Waals surface area contributed by atoms with Crippen LogP contribution in [0.2, 0.25) is 5.02 Å². The molecular formula is C24H31ClN2O2S. The van der Waals surface area contributed by atoms with Gasteiger partial charge >= 0.3 is 0 Å². The third-order valence-corrected chi connectivity index (χ3v) is 7.25. The number of carbonyl (C=O) groups excluding carboxylic acids is 1. The second kappa shape index (κ2) is 9.29. The van der Waals surface area contributed by atoms with Gasteiger partial charge in [0.2, 0.25) is 5.91 Å². The molecule has 1 aliphatic heterocycles. The van der Waals surface area contributed by atoms with Gasteiger partial charge in [-0.15, -0.1) is 11.8 Å². The number of ether oxygens (including phenoxy) is 1. The molecule has 2 heterocycles. The average Bonchev–Trinajstić information content (AvgIpc) is 2.70. The van der Waals surface area contributed by atoms with Crippen LogP contribution in [0, 0.1) is 12.3 Å². The van der Waals surface area contributed by atoms with E-state index in [4.69, 9.17) is 21.3 Å².